The van der Waals surface area contributed by atoms with Crippen LogP contribution in [0.5, 0.6) is 11.5 Å². The molecule has 5 rings (SSSR count). The fourth-order valence-corrected chi connectivity index (χ4v) is 4.84. The normalized spacial score (nSPS) is 17.0. The van der Waals surface area contributed by atoms with Gasteiger partial charge in [-0.25, -0.2) is 4.79 Å². The zero-order valence-corrected chi connectivity index (χ0v) is 22.8. The molecule has 1 amide bonds. The minimum Gasteiger partial charge on any atom is -0.504 e. The summed E-state index contributed by atoms with van der Waals surface area (Å²) in [5, 5.41) is 20.1. The molecule has 0 atom stereocenters. The van der Waals surface area contributed by atoms with Gasteiger partial charge in [-0.15, -0.1) is 10.2 Å². The largest absolute Gasteiger partial charge is 0.504 e. The van der Waals surface area contributed by atoms with Gasteiger partial charge in [0.1, 0.15) is 16.9 Å². The number of carbonyl (C=O) groups excluding carboxylic acids is 1. The molecular formula is C27H29BrN4O5. The van der Waals surface area contributed by atoms with Gasteiger partial charge in [0.15, 0.2) is 11.5 Å². The van der Waals surface area contributed by atoms with Crippen molar-refractivity contribution in [1.82, 2.24) is 9.80 Å². The zero-order chi connectivity index (χ0) is 26.3. The maximum absolute atomic E-state index is 12.4. The molecule has 0 unspecified atom stereocenters. The van der Waals surface area contributed by atoms with Gasteiger partial charge >= 0.3 is 6.09 Å². The number of aromatic hydroxyl groups is 1. The van der Waals surface area contributed by atoms with E-state index >= 15 is 0 Å². The highest BCUT2D eigenvalue weighted by atomic mass is 79.9. The van der Waals surface area contributed by atoms with Gasteiger partial charge in [0.2, 0.25) is 0 Å². The molecule has 10 heteroatoms. The number of methoxy groups -OCH3 is 1. The fraction of sp³-hybridized carbons (Fsp3) is 0.370. The molecule has 1 N–H and O–H groups in total. The Hall–Kier alpha value is -3.37. The number of furan rings is 1. The average Bonchev–Trinajstić information content (AvgIpc) is 3.39. The second-order valence-electron chi connectivity index (χ2n) is 10.1. The number of amides is 1. The summed E-state index contributed by atoms with van der Waals surface area (Å²) in [6, 6.07) is 9.35. The van der Waals surface area contributed by atoms with E-state index in [9.17, 15) is 9.90 Å². The second kappa shape index (κ2) is 9.83. The number of ether oxygens (including phenoxy) is 2. The van der Waals surface area contributed by atoms with Crippen LogP contribution < -0.4 is 4.74 Å². The molecule has 3 heterocycles. The molecule has 37 heavy (non-hydrogen) atoms. The van der Waals surface area contributed by atoms with Crippen LogP contribution in [-0.4, -0.2) is 59.9 Å². The van der Waals surface area contributed by atoms with E-state index in [-0.39, 0.29) is 11.8 Å². The topological polar surface area (TPSA) is 100 Å². The minimum atomic E-state index is -0.524. The standard InChI is InChI=1S/C27H29BrN4O5/c1-27(2,3)37-26(34)32-11-9-31(10-12-32)15-19-22(35-4)8-6-17-24(33)23(36-25(17)19)14-21-18-13-16(28)5-7-20(18)29-30-21/h5-8,13-14,33H,9-12,15H2,1-4H3. The van der Waals surface area contributed by atoms with E-state index in [2.05, 4.69) is 31.1 Å². The Kier molecular flexibility index (Phi) is 6.72. The number of azo groups is 1. The van der Waals surface area contributed by atoms with Crippen molar-refractivity contribution in [1.29, 1.82) is 0 Å². The van der Waals surface area contributed by atoms with Gasteiger partial charge in [0.25, 0.3) is 0 Å². The summed E-state index contributed by atoms with van der Waals surface area (Å²) in [5.41, 5.74) is 3.10. The molecule has 1 aromatic heterocycles. The Morgan fingerprint density at radius 3 is 2.62 bits per heavy atom. The van der Waals surface area contributed by atoms with Crippen molar-refractivity contribution in [3.63, 3.8) is 0 Å². The van der Waals surface area contributed by atoms with E-state index in [1.54, 1.807) is 24.2 Å². The van der Waals surface area contributed by atoms with Crippen LogP contribution in [0.25, 0.3) is 22.7 Å². The summed E-state index contributed by atoms with van der Waals surface area (Å²) in [5.74, 6) is 1.02. The van der Waals surface area contributed by atoms with E-state index < -0.39 is 5.60 Å². The third kappa shape index (κ3) is 5.21. The molecule has 0 spiro atoms. The van der Waals surface area contributed by atoms with E-state index in [1.807, 2.05) is 45.0 Å². The van der Waals surface area contributed by atoms with Gasteiger partial charge in [-0.3, -0.25) is 4.90 Å². The predicted molar refractivity (Wildman–Crippen MR) is 144 cm³/mol. The van der Waals surface area contributed by atoms with Gasteiger partial charge < -0.3 is 23.9 Å². The molecule has 0 aliphatic carbocycles. The predicted octanol–water partition coefficient (Wildman–Crippen LogP) is 6.56. The number of fused-ring (bicyclic) bond motifs is 2. The third-order valence-corrected chi connectivity index (χ3v) is 6.80. The average molecular weight is 569 g/mol. The molecular weight excluding hydrogens is 540 g/mol. The van der Waals surface area contributed by atoms with Gasteiger partial charge in [-0.2, -0.15) is 0 Å². The van der Waals surface area contributed by atoms with Crippen molar-refractivity contribution in [2.24, 2.45) is 10.2 Å². The summed E-state index contributed by atoms with van der Waals surface area (Å²) in [6.45, 7) is 8.62. The van der Waals surface area contributed by atoms with E-state index in [1.165, 1.54) is 0 Å². The summed E-state index contributed by atoms with van der Waals surface area (Å²) in [7, 11) is 1.62. The molecule has 0 saturated carbocycles. The number of hydrogen-bond donors (Lipinski definition) is 1. The monoisotopic (exact) mass is 568 g/mol. The van der Waals surface area contributed by atoms with Crippen molar-refractivity contribution in [2.45, 2.75) is 32.9 Å². The number of halogens is 1. The molecule has 2 aliphatic heterocycles. The molecule has 0 radical (unpaired) electrons. The fourth-order valence-electron chi connectivity index (χ4n) is 4.47. The maximum Gasteiger partial charge on any atom is 0.410 e. The van der Waals surface area contributed by atoms with Crippen LogP contribution in [-0.2, 0) is 11.3 Å². The van der Waals surface area contributed by atoms with Crippen LogP contribution in [0.1, 0.15) is 37.7 Å². The molecule has 1 saturated heterocycles. The lowest BCUT2D eigenvalue weighted by molar-refractivity contribution is 0.0138. The SMILES string of the molecule is COc1ccc2c(O)c(C=C3N=Nc4ccc(Br)cc43)oc2c1CN1CCN(C(=O)OC(C)(C)C)CC1. The lowest BCUT2D eigenvalue weighted by Crippen LogP contribution is -2.49. The van der Waals surface area contributed by atoms with E-state index in [0.717, 1.165) is 21.3 Å². The maximum atomic E-state index is 12.4. The van der Waals surface area contributed by atoms with Crippen LogP contribution in [0.2, 0.25) is 0 Å². The molecule has 2 aromatic carbocycles. The van der Waals surface area contributed by atoms with Crippen LogP contribution in [0, 0.1) is 0 Å². The molecule has 1 fully saturated rings. The van der Waals surface area contributed by atoms with Crippen molar-refractivity contribution in [3.05, 3.63) is 51.7 Å². The van der Waals surface area contributed by atoms with Crippen LogP contribution in [0.4, 0.5) is 10.5 Å². The molecule has 0 bridgehead atoms. The number of nitrogens with zero attached hydrogens (tertiary/aromatic N) is 4. The van der Waals surface area contributed by atoms with Crippen LogP contribution in [0.15, 0.2) is 49.5 Å². The van der Waals surface area contributed by atoms with Gasteiger partial charge in [0.05, 0.1) is 29.4 Å². The van der Waals surface area contributed by atoms with Crippen molar-refractivity contribution < 1.29 is 23.8 Å². The van der Waals surface area contributed by atoms with Crippen molar-refractivity contribution in [2.75, 3.05) is 33.3 Å². The Morgan fingerprint density at radius 2 is 1.92 bits per heavy atom. The Morgan fingerprint density at radius 1 is 1.16 bits per heavy atom. The highest BCUT2D eigenvalue weighted by Crippen LogP contribution is 2.42. The van der Waals surface area contributed by atoms with Crippen molar-refractivity contribution >= 4 is 50.5 Å². The minimum absolute atomic E-state index is 0.0415. The first-order valence-electron chi connectivity index (χ1n) is 12.1. The number of carbonyl (C=O) groups is 1. The Bertz CT molecular complexity index is 1410. The highest BCUT2D eigenvalue weighted by Gasteiger charge is 2.28. The number of piperazine rings is 1. The van der Waals surface area contributed by atoms with Crippen molar-refractivity contribution in [3.8, 4) is 11.5 Å². The smallest absolute Gasteiger partial charge is 0.410 e. The quantitative estimate of drug-likeness (QED) is 0.382. The first kappa shape index (κ1) is 25.3. The van der Waals surface area contributed by atoms with E-state index in [4.69, 9.17) is 13.9 Å². The van der Waals surface area contributed by atoms with Gasteiger partial charge in [-0.1, -0.05) is 15.9 Å². The third-order valence-electron chi connectivity index (χ3n) is 6.31. The number of rotatable bonds is 4. The summed E-state index contributed by atoms with van der Waals surface area (Å²) >= 11 is 3.49. The van der Waals surface area contributed by atoms with Gasteiger partial charge in [-0.05, 0) is 51.1 Å². The summed E-state index contributed by atoms with van der Waals surface area (Å²) in [4.78, 5) is 16.4. The molecule has 9 nitrogen and oxygen atoms in total. The molecule has 194 valence electrons. The Balaban J connectivity index is 1.40. The number of hydrogen-bond acceptors (Lipinski definition) is 8. The van der Waals surface area contributed by atoms with E-state index in [0.29, 0.717) is 60.9 Å². The zero-order valence-electron chi connectivity index (χ0n) is 21.2. The molecule has 3 aromatic rings. The second-order valence-corrected chi connectivity index (χ2v) is 11.0. The first-order chi connectivity index (χ1) is 17.6. The first-order valence-corrected chi connectivity index (χ1v) is 12.9. The summed E-state index contributed by atoms with van der Waals surface area (Å²) in [6.07, 6.45) is 1.41. The van der Waals surface area contributed by atoms with Crippen LogP contribution in [0.3, 0.4) is 0 Å². The van der Waals surface area contributed by atoms with Gasteiger partial charge in [0, 0.05) is 48.8 Å². The lowest BCUT2D eigenvalue weighted by atomic mass is 10.1. The van der Waals surface area contributed by atoms with Crippen LogP contribution >= 0.6 is 15.9 Å². The molecule has 2 aliphatic rings. The number of benzene rings is 2. The highest BCUT2D eigenvalue weighted by molar-refractivity contribution is 9.10. The Labute approximate surface area is 223 Å². The lowest BCUT2D eigenvalue weighted by Gasteiger charge is -2.35. The summed E-state index contributed by atoms with van der Waals surface area (Å²) < 4.78 is 18.3.